The molecule has 0 bridgehead atoms. The number of alkyl halides is 2. The third-order valence-electron chi connectivity index (χ3n) is 4.38. The van der Waals surface area contributed by atoms with Crippen molar-refractivity contribution in [3.63, 3.8) is 0 Å². The Labute approximate surface area is 164 Å². The Morgan fingerprint density at radius 1 is 1.33 bits per heavy atom. The smallest absolute Gasteiger partial charge is 0.266 e. The van der Waals surface area contributed by atoms with Gasteiger partial charge in [-0.05, 0) is 31.2 Å². The van der Waals surface area contributed by atoms with Gasteiger partial charge in [-0.1, -0.05) is 11.6 Å². The molecule has 2 aromatic rings. The van der Waals surface area contributed by atoms with Gasteiger partial charge in [0.05, 0.1) is 45.7 Å². The molecular weight excluding hydrogens is 396 g/mol. The number of nitrogen functional groups attached to an aromatic ring is 1. The number of halogens is 3. The lowest BCUT2D eigenvalue weighted by atomic mass is 10.1. The van der Waals surface area contributed by atoms with Crippen molar-refractivity contribution in [2.75, 3.05) is 12.3 Å². The zero-order chi connectivity index (χ0) is 19.9. The molecule has 6 N–H and O–H groups in total. The summed E-state index contributed by atoms with van der Waals surface area (Å²) in [6, 6.07) is 7.52. The predicted molar refractivity (Wildman–Crippen MR) is 102 cm³/mol. The van der Waals surface area contributed by atoms with Gasteiger partial charge in [0.25, 0.3) is 5.92 Å². The molecule has 146 valence electrons. The highest BCUT2D eigenvalue weighted by Crippen LogP contribution is 2.37. The molecule has 2 atom stereocenters. The van der Waals surface area contributed by atoms with Gasteiger partial charge in [0.2, 0.25) is 0 Å². The first-order valence-electron chi connectivity index (χ1n) is 8.23. The maximum absolute atomic E-state index is 13.6. The van der Waals surface area contributed by atoms with Crippen molar-refractivity contribution < 1.29 is 13.3 Å². The molecule has 1 aromatic heterocycles. The van der Waals surface area contributed by atoms with E-state index in [0.717, 1.165) is 0 Å². The van der Waals surface area contributed by atoms with Crippen LogP contribution < -0.4 is 17.2 Å². The lowest BCUT2D eigenvalue weighted by Crippen LogP contribution is -2.35. The number of aromatic nitrogens is 1. The number of hydrogen-bond acceptors (Lipinski definition) is 6. The van der Waals surface area contributed by atoms with Crippen molar-refractivity contribution in [3.05, 3.63) is 41.0 Å². The van der Waals surface area contributed by atoms with Gasteiger partial charge in [-0.3, -0.25) is 0 Å². The first-order valence-corrected chi connectivity index (χ1v) is 9.71. The maximum Gasteiger partial charge on any atom is 0.266 e. The lowest BCUT2D eigenvalue weighted by molar-refractivity contribution is 0.0174. The molecule has 6 nitrogen and oxygen atoms in total. The molecule has 1 aromatic carbocycles. The molecule has 0 radical (unpaired) electrons. The van der Waals surface area contributed by atoms with E-state index in [9.17, 15) is 13.3 Å². The molecular formula is C17H20ClF2N5OS. The Kier molecular flexibility index (Phi) is 5.62. The molecule has 1 fully saturated rings. The Morgan fingerprint density at radius 3 is 2.59 bits per heavy atom. The normalized spacial score (nSPS) is 21.0. The quantitative estimate of drug-likeness (QED) is 0.522. The van der Waals surface area contributed by atoms with E-state index in [4.69, 9.17) is 28.8 Å². The van der Waals surface area contributed by atoms with Crippen LogP contribution in [0.25, 0.3) is 11.3 Å². The number of nitrogens with two attached hydrogens (primary N) is 3. The Balaban J connectivity index is 1.89. The van der Waals surface area contributed by atoms with E-state index in [1.165, 1.54) is 10.4 Å². The van der Waals surface area contributed by atoms with Crippen LogP contribution in [-0.4, -0.2) is 32.4 Å². The summed E-state index contributed by atoms with van der Waals surface area (Å²) in [5.41, 5.74) is 18.9. The van der Waals surface area contributed by atoms with Gasteiger partial charge in [0.15, 0.2) is 4.90 Å². The largest absolute Gasteiger partial charge is 0.593 e. The number of pyridine rings is 1. The second-order valence-electron chi connectivity index (χ2n) is 6.57. The topological polar surface area (TPSA) is 117 Å². The van der Waals surface area contributed by atoms with Crippen LogP contribution in [0, 0.1) is 0 Å². The number of nitrogens with zero attached hydrogens (tertiary/aromatic N) is 2. The van der Waals surface area contributed by atoms with Crippen molar-refractivity contribution in [1.82, 2.24) is 9.29 Å². The third kappa shape index (κ3) is 4.18. The van der Waals surface area contributed by atoms with Gasteiger partial charge < -0.3 is 21.8 Å². The van der Waals surface area contributed by atoms with Gasteiger partial charge in [0, 0.05) is 18.1 Å². The molecule has 3 rings (SSSR count). The average molecular weight is 416 g/mol. The minimum Gasteiger partial charge on any atom is -0.593 e. The minimum absolute atomic E-state index is 0.285. The number of benzene rings is 1. The fourth-order valence-corrected chi connectivity index (χ4v) is 4.78. The van der Waals surface area contributed by atoms with Crippen molar-refractivity contribution in [2.24, 2.45) is 11.5 Å². The maximum atomic E-state index is 13.6. The van der Waals surface area contributed by atoms with Crippen LogP contribution in [0.1, 0.15) is 25.2 Å². The number of anilines is 1. The Bertz CT molecular complexity index is 854. The van der Waals surface area contributed by atoms with Gasteiger partial charge in [-0.15, -0.1) is 4.31 Å². The minimum atomic E-state index is -2.84. The van der Waals surface area contributed by atoms with E-state index in [0.29, 0.717) is 27.5 Å². The van der Waals surface area contributed by atoms with Crippen LogP contribution in [0.5, 0.6) is 0 Å². The molecule has 1 aliphatic heterocycles. The van der Waals surface area contributed by atoms with Gasteiger partial charge in [0.1, 0.15) is 6.54 Å². The summed E-state index contributed by atoms with van der Waals surface area (Å²) >= 11 is 4.61. The standard InChI is InChI=1S/C17H20ClF2N5OS/c1-9-7-17(19,20)8-25(9)27(26)10-2-3-11(12(18)6-10)14-5-4-13(21)15(24-14)16(22)23/h2-6,9,16H,7-8,21-23H2,1H3. The Hall–Kier alpha value is -1.49. The second kappa shape index (κ2) is 7.50. The second-order valence-corrected chi connectivity index (χ2v) is 8.42. The monoisotopic (exact) mass is 415 g/mol. The molecule has 2 heterocycles. The fourth-order valence-electron chi connectivity index (χ4n) is 3.05. The molecule has 0 amide bonds. The van der Waals surface area contributed by atoms with Crippen molar-refractivity contribution >= 4 is 28.7 Å². The summed E-state index contributed by atoms with van der Waals surface area (Å²) in [6.45, 7) is 1.09. The highest BCUT2D eigenvalue weighted by atomic mass is 35.5. The molecule has 1 aliphatic rings. The van der Waals surface area contributed by atoms with E-state index in [2.05, 4.69) is 4.98 Å². The van der Waals surface area contributed by atoms with Crippen molar-refractivity contribution in [2.45, 2.75) is 36.4 Å². The van der Waals surface area contributed by atoms with E-state index >= 15 is 0 Å². The summed E-state index contributed by atoms with van der Waals surface area (Å²) in [6.07, 6.45) is -1.16. The van der Waals surface area contributed by atoms with E-state index < -0.39 is 36.0 Å². The van der Waals surface area contributed by atoms with Crippen LogP contribution in [0.3, 0.4) is 0 Å². The van der Waals surface area contributed by atoms with Crippen molar-refractivity contribution in [1.29, 1.82) is 0 Å². The van der Waals surface area contributed by atoms with Crippen LogP contribution in [0.2, 0.25) is 5.02 Å². The Morgan fingerprint density at radius 2 is 2.04 bits per heavy atom. The van der Waals surface area contributed by atoms with Crippen LogP contribution in [0.4, 0.5) is 14.5 Å². The summed E-state index contributed by atoms with van der Waals surface area (Å²) in [5.74, 6) is -2.84. The number of rotatable bonds is 4. The van der Waals surface area contributed by atoms with E-state index in [1.54, 1.807) is 31.2 Å². The van der Waals surface area contributed by atoms with E-state index in [1.807, 2.05) is 0 Å². The molecule has 10 heteroatoms. The van der Waals surface area contributed by atoms with Crippen LogP contribution >= 0.6 is 11.6 Å². The zero-order valence-corrected chi connectivity index (χ0v) is 16.1. The predicted octanol–water partition coefficient (Wildman–Crippen LogP) is 2.65. The van der Waals surface area contributed by atoms with Crippen LogP contribution in [0.15, 0.2) is 35.2 Å². The number of hydrogen-bond donors (Lipinski definition) is 3. The summed E-state index contributed by atoms with van der Waals surface area (Å²) < 4.78 is 41.1. The van der Waals surface area contributed by atoms with Crippen molar-refractivity contribution in [3.8, 4) is 11.3 Å². The molecule has 1 saturated heterocycles. The summed E-state index contributed by atoms with van der Waals surface area (Å²) in [5, 5.41) is 0.285. The SMILES string of the molecule is CC1CC(F)(F)CN1[S+]([O-])c1ccc(-c2ccc(N)c(C(N)N)n2)c(Cl)c1. The first kappa shape index (κ1) is 20.2. The average Bonchev–Trinajstić information content (AvgIpc) is 2.87. The van der Waals surface area contributed by atoms with E-state index in [-0.39, 0.29) is 11.4 Å². The first-order chi connectivity index (χ1) is 12.6. The van der Waals surface area contributed by atoms with Crippen LogP contribution in [-0.2, 0) is 11.4 Å². The summed E-state index contributed by atoms with van der Waals surface area (Å²) in [4.78, 5) is 4.69. The molecule has 27 heavy (non-hydrogen) atoms. The highest BCUT2D eigenvalue weighted by Gasteiger charge is 2.48. The summed E-state index contributed by atoms with van der Waals surface area (Å²) in [7, 11) is 0. The fraction of sp³-hybridized carbons (Fsp3) is 0.353. The van der Waals surface area contributed by atoms with Gasteiger partial charge in [-0.2, -0.15) is 0 Å². The lowest BCUT2D eigenvalue weighted by Gasteiger charge is -2.23. The third-order valence-corrected chi connectivity index (χ3v) is 6.26. The van der Waals surface area contributed by atoms with Gasteiger partial charge in [-0.25, -0.2) is 13.8 Å². The molecule has 0 spiro atoms. The highest BCUT2D eigenvalue weighted by molar-refractivity contribution is 7.89. The zero-order valence-electron chi connectivity index (χ0n) is 14.5. The molecule has 0 aliphatic carbocycles. The van der Waals surface area contributed by atoms with Gasteiger partial charge >= 0.3 is 0 Å². The molecule has 0 saturated carbocycles. The molecule has 2 unspecified atom stereocenters.